The Morgan fingerprint density at radius 1 is 1.04 bits per heavy atom. The summed E-state index contributed by atoms with van der Waals surface area (Å²) in [7, 11) is -2.30. The van der Waals surface area contributed by atoms with E-state index in [-0.39, 0.29) is 0 Å². The Kier molecular flexibility index (Phi) is 7.63. The Bertz CT molecular complexity index is 478. The number of hydrogen-bond acceptors (Lipinski definition) is 3. The minimum atomic E-state index is -1.40. The lowest BCUT2D eigenvalue weighted by Gasteiger charge is -2.43. The number of hydrogen-bond donors (Lipinski definition) is 0. The van der Waals surface area contributed by atoms with Gasteiger partial charge in [-0.15, -0.1) is 0 Å². The van der Waals surface area contributed by atoms with E-state index < -0.39 is 25.8 Å². The molecule has 0 aliphatic carbocycles. The van der Waals surface area contributed by atoms with Crippen LogP contribution in [0.5, 0.6) is 0 Å². The zero-order chi connectivity index (χ0) is 17.7. The fourth-order valence-corrected chi connectivity index (χ4v) is 13.7. The van der Waals surface area contributed by atoms with Crippen LogP contribution in [-0.4, -0.2) is 50.2 Å². The minimum Gasteiger partial charge on any atom is -0.393 e. The molecule has 0 amide bonds. The molecule has 0 N–H and O–H groups in total. The van der Waals surface area contributed by atoms with Crippen LogP contribution >= 0.6 is 0 Å². The third kappa shape index (κ3) is 6.48. The first-order valence-corrected chi connectivity index (χ1v) is 16.3. The van der Waals surface area contributed by atoms with Gasteiger partial charge in [0.25, 0.3) is 0 Å². The highest BCUT2D eigenvalue weighted by atomic mass is 28.4. The molecule has 3 nitrogen and oxygen atoms in total. The van der Waals surface area contributed by atoms with Crippen LogP contribution in [0.3, 0.4) is 0 Å². The lowest BCUT2D eigenvalue weighted by atomic mass is 10.2. The average molecular weight is 367 g/mol. The summed E-state index contributed by atoms with van der Waals surface area (Å²) >= 11 is 0. The smallest absolute Gasteiger partial charge is 0.393 e. The average Bonchev–Trinajstić information content (AvgIpc) is 2.45. The Hall–Kier alpha value is -0.509. The first-order chi connectivity index (χ1) is 10.6. The summed E-state index contributed by atoms with van der Waals surface area (Å²) in [5.74, 6) is 0. The summed E-state index contributed by atoms with van der Waals surface area (Å²) in [6.45, 7) is 20.0. The van der Waals surface area contributed by atoms with E-state index in [1.54, 1.807) is 7.11 Å². The summed E-state index contributed by atoms with van der Waals surface area (Å²) in [4.78, 5) is 0. The van der Waals surface area contributed by atoms with E-state index in [4.69, 9.17) is 8.85 Å². The van der Waals surface area contributed by atoms with Crippen molar-refractivity contribution in [1.82, 2.24) is 4.23 Å². The van der Waals surface area contributed by atoms with Crippen molar-refractivity contribution in [3.05, 3.63) is 36.4 Å². The van der Waals surface area contributed by atoms with E-state index in [0.29, 0.717) is 0 Å². The molecule has 0 unspecified atom stereocenters. The second-order valence-electron chi connectivity index (χ2n) is 7.66. The lowest BCUT2D eigenvalue weighted by molar-refractivity contribution is 0.233. The molecule has 0 bridgehead atoms. The molecule has 0 atom stereocenters. The molecule has 23 heavy (non-hydrogen) atoms. The van der Waals surface area contributed by atoms with Crippen LogP contribution in [-0.2, 0) is 8.85 Å². The van der Waals surface area contributed by atoms with Gasteiger partial charge >= 0.3 is 9.28 Å². The molecule has 1 rings (SSSR count). The van der Waals surface area contributed by atoms with Crippen LogP contribution in [0.4, 0.5) is 0 Å². The lowest BCUT2D eigenvalue weighted by Crippen LogP contribution is -2.60. The van der Waals surface area contributed by atoms with Crippen molar-refractivity contribution in [1.29, 1.82) is 0 Å². The van der Waals surface area contributed by atoms with Crippen molar-refractivity contribution in [3.8, 4) is 0 Å². The van der Waals surface area contributed by atoms with Gasteiger partial charge in [-0.25, -0.2) is 0 Å². The Balaban J connectivity index is 2.68. The van der Waals surface area contributed by atoms with E-state index >= 15 is 0 Å². The second-order valence-corrected chi connectivity index (χ2v) is 19.7. The Labute approximate surface area is 146 Å². The van der Waals surface area contributed by atoms with E-state index in [0.717, 1.165) is 23.9 Å². The summed E-state index contributed by atoms with van der Waals surface area (Å²) in [5.41, 5.74) is 1.12. The predicted octanol–water partition coefficient (Wildman–Crippen LogP) is 3.66. The van der Waals surface area contributed by atoms with Crippen molar-refractivity contribution in [2.45, 2.75) is 39.3 Å². The van der Waals surface area contributed by atoms with Gasteiger partial charge in [0, 0.05) is 20.3 Å². The van der Waals surface area contributed by atoms with Crippen LogP contribution in [0.1, 0.15) is 5.56 Å². The topological polar surface area (TPSA) is 21.7 Å². The molecule has 129 valence electrons. The van der Waals surface area contributed by atoms with Gasteiger partial charge in [-0.1, -0.05) is 76.2 Å². The Morgan fingerprint density at radius 2 is 1.57 bits per heavy atom. The standard InChI is InChI=1S/C17H32NO2Si3/c1-9-16-10-12-17(13-11-16)21(19-2)20-15-14-18(22(3,4)5)23(6,7)8/h9-13H,1,14-15H2,2-8H3. The minimum absolute atomic E-state index is 0.736. The summed E-state index contributed by atoms with van der Waals surface area (Å²) < 4.78 is 14.5. The number of nitrogens with zero attached hydrogens (tertiary/aromatic N) is 1. The molecule has 1 radical (unpaired) electrons. The number of benzene rings is 1. The summed E-state index contributed by atoms with van der Waals surface area (Å²) in [5, 5.41) is 1.15. The molecule has 0 saturated carbocycles. The summed E-state index contributed by atoms with van der Waals surface area (Å²) in [6.07, 6.45) is 1.85. The zero-order valence-corrected chi connectivity index (χ0v) is 18.8. The van der Waals surface area contributed by atoms with Gasteiger partial charge in [0.2, 0.25) is 0 Å². The molecule has 0 aliphatic rings. The molecule has 0 heterocycles. The molecule has 1 aromatic rings. The molecular formula is C17H32NO2Si3. The van der Waals surface area contributed by atoms with Crippen LogP contribution in [0, 0.1) is 0 Å². The van der Waals surface area contributed by atoms with Crippen molar-refractivity contribution in [2.24, 2.45) is 0 Å². The molecular weight excluding hydrogens is 334 g/mol. The van der Waals surface area contributed by atoms with Crippen molar-refractivity contribution >= 4 is 37.0 Å². The maximum Gasteiger partial charge on any atom is 0.423 e. The maximum absolute atomic E-state index is 6.13. The van der Waals surface area contributed by atoms with Gasteiger partial charge in [-0.3, -0.25) is 0 Å². The molecule has 0 aromatic heterocycles. The third-order valence-corrected chi connectivity index (χ3v) is 13.1. The van der Waals surface area contributed by atoms with Gasteiger partial charge in [0.15, 0.2) is 0 Å². The van der Waals surface area contributed by atoms with Crippen LogP contribution in [0.25, 0.3) is 6.08 Å². The van der Waals surface area contributed by atoms with Gasteiger partial charge in [-0.2, -0.15) is 0 Å². The van der Waals surface area contributed by atoms with E-state index in [2.05, 4.69) is 74.4 Å². The van der Waals surface area contributed by atoms with E-state index in [1.165, 1.54) is 0 Å². The first-order valence-electron chi connectivity index (χ1n) is 8.14. The zero-order valence-electron chi connectivity index (χ0n) is 15.8. The highest BCUT2D eigenvalue weighted by molar-refractivity contribution is 6.89. The second kappa shape index (κ2) is 8.55. The van der Waals surface area contributed by atoms with Crippen molar-refractivity contribution in [3.63, 3.8) is 0 Å². The highest BCUT2D eigenvalue weighted by Crippen LogP contribution is 2.19. The monoisotopic (exact) mass is 366 g/mol. The Morgan fingerprint density at radius 3 is 1.96 bits per heavy atom. The van der Waals surface area contributed by atoms with Gasteiger partial charge in [0.05, 0.1) is 0 Å². The molecule has 1 aromatic carbocycles. The van der Waals surface area contributed by atoms with Crippen molar-refractivity contribution in [2.75, 3.05) is 20.3 Å². The van der Waals surface area contributed by atoms with Crippen LogP contribution in [0.15, 0.2) is 30.8 Å². The van der Waals surface area contributed by atoms with Gasteiger partial charge in [0.1, 0.15) is 16.5 Å². The molecule has 0 spiro atoms. The largest absolute Gasteiger partial charge is 0.423 e. The third-order valence-electron chi connectivity index (χ3n) is 3.74. The SMILES string of the molecule is C=Cc1ccc([Si](OC)OCCN([Si](C)(C)C)[Si](C)(C)C)cc1. The van der Waals surface area contributed by atoms with Crippen molar-refractivity contribution < 1.29 is 8.85 Å². The van der Waals surface area contributed by atoms with Crippen LogP contribution in [0.2, 0.25) is 39.3 Å². The molecule has 0 saturated heterocycles. The van der Waals surface area contributed by atoms with E-state index in [9.17, 15) is 0 Å². The fraction of sp³-hybridized carbons (Fsp3) is 0.529. The van der Waals surface area contributed by atoms with Gasteiger partial charge in [-0.05, 0) is 10.8 Å². The highest BCUT2D eigenvalue weighted by Gasteiger charge is 2.34. The summed E-state index contributed by atoms with van der Waals surface area (Å²) in [6, 6.07) is 8.30. The first kappa shape index (κ1) is 20.5. The molecule has 0 fully saturated rings. The van der Waals surface area contributed by atoms with Crippen LogP contribution < -0.4 is 5.19 Å². The van der Waals surface area contributed by atoms with Gasteiger partial charge < -0.3 is 13.1 Å². The molecule has 6 heteroatoms. The predicted molar refractivity (Wildman–Crippen MR) is 108 cm³/mol. The molecule has 0 aliphatic heterocycles. The fourth-order valence-electron chi connectivity index (χ4n) is 2.92. The quantitative estimate of drug-likeness (QED) is 0.623. The van der Waals surface area contributed by atoms with E-state index in [1.807, 2.05) is 6.08 Å². The number of rotatable bonds is 9. The normalized spacial score (nSPS) is 12.9. The maximum atomic E-state index is 6.13.